The minimum atomic E-state index is -0.984. The second-order valence-corrected chi connectivity index (χ2v) is 8.89. The van der Waals surface area contributed by atoms with Gasteiger partial charge in [0.1, 0.15) is 5.58 Å². The molecule has 0 atom stereocenters. The quantitative estimate of drug-likeness (QED) is 0.382. The van der Waals surface area contributed by atoms with Gasteiger partial charge in [-0.1, -0.05) is 26.8 Å². The third-order valence-electron chi connectivity index (χ3n) is 4.65. The smallest absolute Gasteiger partial charge is 0.320 e. The molecule has 2 heterocycles. The zero-order valence-electron chi connectivity index (χ0n) is 18.0. The average molecular weight is 430 g/mol. The van der Waals surface area contributed by atoms with Crippen molar-refractivity contribution in [2.45, 2.75) is 46.5 Å². The van der Waals surface area contributed by atoms with Crippen LogP contribution in [0.2, 0.25) is 0 Å². The average Bonchev–Trinajstić information content (AvgIpc) is 3.32. The lowest BCUT2D eigenvalue weighted by atomic mass is 9.93. The standard InChI is InChI=1S/C23H27NO5S/c1-6-27-21(25)16(22(26)28-7-2)11-14-8-9-17-15(10-14)12-18(29-17)20-24-19(13-30-20)23(3,4)5/h8-10,12-13,16H,6-7,11H2,1-5H3. The summed E-state index contributed by atoms with van der Waals surface area (Å²) in [6, 6.07) is 7.56. The third-order valence-corrected chi connectivity index (χ3v) is 5.50. The topological polar surface area (TPSA) is 78.6 Å². The van der Waals surface area contributed by atoms with Crippen molar-refractivity contribution < 1.29 is 23.5 Å². The predicted octanol–water partition coefficient (Wildman–Crippen LogP) is 5.14. The van der Waals surface area contributed by atoms with Crippen LogP contribution >= 0.6 is 11.3 Å². The molecule has 0 spiro atoms. The summed E-state index contributed by atoms with van der Waals surface area (Å²) >= 11 is 1.55. The minimum Gasteiger partial charge on any atom is -0.465 e. The number of fused-ring (bicyclic) bond motifs is 1. The fourth-order valence-electron chi connectivity index (χ4n) is 3.04. The number of nitrogens with zero attached hydrogens (tertiary/aromatic N) is 1. The van der Waals surface area contributed by atoms with Gasteiger partial charge in [0.25, 0.3) is 0 Å². The summed E-state index contributed by atoms with van der Waals surface area (Å²) in [7, 11) is 0. The molecule has 0 bridgehead atoms. The van der Waals surface area contributed by atoms with Crippen molar-refractivity contribution in [1.29, 1.82) is 0 Å². The fraction of sp³-hybridized carbons (Fsp3) is 0.435. The van der Waals surface area contributed by atoms with Crippen LogP contribution in [0, 0.1) is 5.92 Å². The summed E-state index contributed by atoms with van der Waals surface area (Å²) in [6.45, 7) is 10.2. The van der Waals surface area contributed by atoms with Crippen molar-refractivity contribution in [1.82, 2.24) is 4.98 Å². The number of hydrogen-bond donors (Lipinski definition) is 0. The van der Waals surface area contributed by atoms with Crippen LogP contribution in [-0.4, -0.2) is 30.1 Å². The molecule has 0 aliphatic rings. The van der Waals surface area contributed by atoms with Crippen LogP contribution in [0.5, 0.6) is 0 Å². The number of carbonyl (C=O) groups excluding carboxylic acids is 2. The van der Waals surface area contributed by atoms with Gasteiger partial charge in [-0.3, -0.25) is 9.59 Å². The summed E-state index contributed by atoms with van der Waals surface area (Å²) in [6.07, 6.45) is 0.208. The molecule has 0 amide bonds. The van der Waals surface area contributed by atoms with E-state index in [9.17, 15) is 9.59 Å². The van der Waals surface area contributed by atoms with Crippen LogP contribution in [0.25, 0.3) is 21.7 Å². The van der Waals surface area contributed by atoms with E-state index in [1.54, 1.807) is 25.2 Å². The summed E-state index contributed by atoms with van der Waals surface area (Å²) < 4.78 is 16.1. The molecule has 0 aliphatic carbocycles. The lowest BCUT2D eigenvalue weighted by molar-refractivity contribution is -0.161. The SMILES string of the molecule is CCOC(=O)C(Cc1ccc2oc(-c3nc(C(C)(C)C)cs3)cc2c1)C(=O)OCC. The molecule has 6 nitrogen and oxygen atoms in total. The summed E-state index contributed by atoms with van der Waals surface area (Å²) in [5.41, 5.74) is 2.55. The highest BCUT2D eigenvalue weighted by atomic mass is 32.1. The molecule has 0 saturated heterocycles. The van der Waals surface area contributed by atoms with Gasteiger partial charge < -0.3 is 13.9 Å². The molecule has 3 rings (SSSR count). The van der Waals surface area contributed by atoms with Gasteiger partial charge >= 0.3 is 11.9 Å². The minimum absolute atomic E-state index is 0.0247. The number of ether oxygens (including phenoxy) is 2. The Hall–Kier alpha value is -2.67. The van der Waals surface area contributed by atoms with Crippen molar-refractivity contribution in [2.75, 3.05) is 13.2 Å². The second-order valence-electron chi connectivity index (χ2n) is 8.03. The normalized spacial score (nSPS) is 11.8. The lowest BCUT2D eigenvalue weighted by Gasteiger charge is -2.14. The van der Waals surface area contributed by atoms with E-state index in [4.69, 9.17) is 18.9 Å². The van der Waals surface area contributed by atoms with Gasteiger partial charge in [-0.15, -0.1) is 11.3 Å². The van der Waals surface area contributed by atoms with E-state index in [2.05, 4.69) is 26.2 Å². The van der Waals surface area contributed by atoms with Crippen LogP contribution in [-0.2, 0) is 30.9 Å². The van der Waals surface area contributed by atoms with Gasteiger partial charge in [-0.25, -0.2) is 4.98 Å². The number of carbonyl (C=O) groups is 2. The molecule has 0 radical (unpaired) electrons. The highest BCUT2D eigenvalue weighted by Gasteiger charge is 2.30. The Morgan fingerprint density at radius 3 is 2.33 bits per heavy atom. The maximum Gasteiger partial charge on any atom is 0.320 e. The molecule has 0 unspecified atom stereocenters. The van der Waals surface area contributed by atoms with Crippen molar-refractivity contribution in [2.24, 2.45) is 5.92 Å². The Kier molecular flexibility index (Phi) is 6.61. The molecular formula is C23H27NO5S. The molecule has 0 aliphatic heterocycles. The number of furan rings is 1. The molecule has 160 valence electrons. The molecular weight excluding hydrogens is 402 g/mol. The van der Waals surface area contributed by atoms with Crippen LogP contribution < -0.4 is 0 Å². The Morgan fingerprint density at radius 2 is 1.77 bits per heavy atom. The molecule has 3 aromatic rings. The zero-order chi connectivity index (χ0) is 21.9. The predicted molar refractivity (Wildman–Crippen MR) is 116 cm³/mol. The van der Waals surface area contributed by atoms with E-state index < -0.39 is 17.9 Å². The monoisotopic (exact) mass is 429 g/mol. The number of rotatable bonds is 7. The number of thiazole rings is 1. The van der Waals surface area contributed by atoms with Gasteiger partial charge in [0, 0.05) is 16.2 Å². The highest BCUT2D eigenvalue weighted by molar-refractivity contribution is 7.13. The summed E-state index contributed by atoms with van der Waals surface area (Å²) in [5, 5.41) is 3.77. The van der Waals surface area contributed by atoms with E-state index >= 15 is 0 Å². The maximum absolute atomic E-state index is 12.3. The molecule has 7 heteroatoms. The van der Waals surface area contributed by atoms with Gasteiger partial charge in [0.05, 0.1) is 18.9 Å². The molecule has 1 aromatic carbocycles. The van der Waals surface area contributed by atoms with Crippen molar-refractivity contribution in [3.63, 3.8) is 0 Å². The number of benzene rings is 1. The van der Waals surface area contributed by atoms with E-state index in [1.807, 2.05) is 24.3 Å². The summed E-state index contributed by atoms with van der Waals surface area (Å²) in [5.74, 6) is -1.42. The molecule has 30 heavy (non-hydrogen) atoms. The first-order chi connectivity index (χ1) is 14.2. The fourth-order valence-corrected chi connectivity index (χ4v) is 4.04. The van der Waals surface area contributed by atoms with Crippen LogP contribution in [0.1, 0.15) is 45.9 Å². The highest BCUT2D eigenvalue weighted by Crippen LogP contribution is 2.33. The molecule has 0 fully saturated rings. The van der Waals surface area contributed by atoms with Gasteiger partial charge in [0.15, 0.2) is 16.7 Å². The Balaban J connectivity index is 1.86. The van der Waals surface area contributed by atoms with Crippen molar-refractivity contribution >= 4 is 34.2 Å². The Labute approximate surface area is 180 Å². The van der Waals surface area contributed by atoms with Crippen LogP contribution in [0.3, 0.4) is 0 Å². The second kappa shape index (κ2) is 9.00. The van der Waals surface area contributed by atoms with E-state index in [0.717, 1.165) is 27.2 Å². The summed E-state index contributed by atoms with van der Waals surface area (Å²) in [4.78, 5) is 29.2. The van der Waals surface area contributed by atoms with Gasteiger partial charge in [-0.05, 0) is 44.0 Å². The van der Waals surface area contributed by atoms with E-state index in [-0.39, 0.29) is 25.0 Å². The first kappa shape index (κ1) is 22.0. The zero-order valence-corrected chi connectivity index (χ0v) is 18.8. The molecule has 0 N–H and O–H groups in total. The lowest BCUT2D eigenvalue weighted by Crippen LogP contribution is -2.30. The first-order valence-corrected chi connectivity index (χ1v) is 10.9. The van der Waals surface area contributed by atoms with E-state index in [1.165, 1.54) is 0 Å². The van der Waals surface area contributed by atoms with Gasteiger partial charge in [-0.2, -0.15) is 0 Å². The molecule has 2 aromatic heterocycles. The largest absolute Gasteiger partial charge is 0.465 e. The maximum atomic E-state index is 12.3. The van der Waals surface area contributed by atoms with Crippen molar-refractivity contribution in [3.05, 3.63) is 40.9 Å². The number of esters is 2. The Bertz CT molecular complexity index is 1030. The van der Waals surface area contributed by atoms with E-state index in [0.29, 0.717) is 5.76 Å². The third kappa shape index (κ3) is 4.90. The van der Waals surface area contributed by atoms with Crippen LogP contribution in [0.15, 0.2) is 34.1 Å². The molecule has 0 saturated carbocycles. The van der Waals surface area contributed by atoms with Crippen molar-refractivity contribution in [3.8, 4) is 10.8 Å². The number of hydrogen-bond acceptors (Lipinski definition) is 7. The van der Waals surface area contributed by atoms with Gasteiger partial charge in [0.2, 0.25) is 0 Å². The van der Waals surface area contributed by atoms with Crippen LogP contribution in [0.4, 0.5) is 0 Å². The number of aromatic nitrogens is 1. The Morgan fingerprint density at radius 1 is 1.10 bits per heavy atom. The first-order valence-electron chi connectivity index (χ1n) is 10.0.